The highest BCUT2D eigenvalue weighted by Gasteiger charge is 2.10. The van der Waals surface area contributed by atoms with Gasteiger partial charge in [0.15, 0.2) is 5.82 Å². The van der Waals surface area contributed by atoms with Crippen molar-refractivity contribution in [3.8, 4) is 11.6 Å². The van der Waals surface area contributed by atoms with Crippen molar-refractivity contribution in [2.45, 2.75) is 13.3 Å². The largest absolute Gasteiger partial charge is 0.495 e. The second kappa shape index (κ2) is 7.12. The summed E-state index contributed by atoms with van der Waals surface area (Å²) in [6.45, 7) is 2.58. The van der Waals surface area contributed by atoms with Crippen molar-refractivity contribution in [2.75, 3.05) is 24.8 Å². The number of rotatable bonds is 6. The summed E-state index contributed by atoms with van der Waals surface area (Å²) in [6.07, 6.45) is 2.30. The van der Waals surface area contributed by atoms with Gasteiger partial charge in [0.05, 0.1) is 18.2 Å². The molecule has 2 aromatic rings. The Hall–Kier alpha value is -2.02. The van der Waals surface area contributed by atoms with E-state index in [1.54, 1.807) is 7.11 Å². The second-order valence-electron chi connectivity index (χ2n) is 4.26. The SMILES string of the molecule is CCCOc1ncnc(Nc2ccc(Br)c(OC)c2)c1N. The summed E-state index contributed by atoms with van der Waals surface area (Å²) in [4.78, 5) is 8.18. The first-order chi connectivity index (χ1) is 10.2. The van der Waals surface area contributed by atoms with Crippen molar-refractivity contribution in [1.29, 1.82) is 0 Å². The van der Waals surface area contributed by atoms with Crippen molar-refractivity contribution in [2.24, 2.45) is 0 Å². The number of benzene rings is 1. The fourth-order valence-electron chi connectivity index (χ4n) is 1.67. The van der Waals surface area contributed by atoms with Gasteiger partial charge in [-0.05, 0) is 34.5 Å². The topological polar surface area (TPSA) is 82.3 Å². The molecule has 2 rings (SSSR count). The number of hydrogen-bond acceptors (Lipinski definition) is 6. The van der Waals surface area contributed by atoms with Gasteiger partial charge < -0.3 is 20.5 Å². The van der Waals surface area contributed by atoms with Crippen molar-refractivity contribution >= 4 is 33.1 Å². The molecule has 1 aromatic heterocycles. The molecule has 0 amide bonds. The van der Waals surface area contributed by atoms with E-state index in [1.165, 1.54) is 6.33 Å². The normalized spacial score (nSPS) is 10.2. The molecular formula is C14H17BrN4O2. The summed E-state index contributed by atoms with van der Waals surface area (Å²) in [7, 11) is 1.61. The van der Waals surface area contributed by atoms with E-state index in [-0.39, 0.29) is 0 Å². The van der Waals surface area contributed by atoms with Crippen molar-refractivity contribution in [1.82, 2.24) is 9.97 Å². The third-order valence-corrected chi connectivity index (χ3v) is 3.36. The first kappa shape index (κ1) is 15.4. The van der Waals surface area contributed by atoms with Gasteiger partial charge in [-0.1, -0.05) is 6.92 Å². The summed E-state index contributed by atoms with van der Waals surface area (Å²) < 4.78 is 11.6. The van der Waals surface area contributed by atoms with Gasteiger partial charge >= 0.3 is 0 Å². The van der Waals surface area contributed by atoms with Gasteiger partial charge in [-0.25, -0.2) is 4.98 Å². The highest BCUT2D eigenvalue weighted by Crippen LogP contribution is 2.31. The lowest BCUT2D eigenvalue weighted by atomic mass is 10.3. The van der Waals surface area contributed by atoms with Crippen molar-refractivity contribution in [3.63, 3.8) is 0 Å². The smallest absolute Gasteiger partial charge is 0.242 e. The number of halogens is 1. The second-order valence-corrected chi connectivity index (χ2v) is 5.12. The molecular weight excluding hydrogens is 336 g/mol. The Morgan fingerprint density at radius 3 is 2.86 bits per heavy atom. The molecule has 7 heteroatoms. The minimum Gasteiger partial charge on any atom is -0.495 e. The lowest BCUT2D eigenvalue weighted by Crippen LogP contribution is -2.06. The van der Waals surface area contributed by atoms with E-state index < -0.39 is 0 Å². The van der Waals surface area contributed by atoms with Crippen LogP contribution < -0.4 is 20.5 Å². The van der Waals surface area contributed by atoms with Crippen LogP contribution in [0.25, 0.3) is 0 Å². The van der Waals surface area contributed by atoms with E-state index in [0.29, 0.717) is 24.0 Å². The molecule has 0 saturated heterocycles. The minimum atomic E-state index is 0.382. The van der Waals surface area contributed by atoms with Crippen LogP contribution in [0.5, 0.6) is 11.6 Å². The summed E-state index contributed by atoms with van der Waals surface area (Å²) in [5.41, 5.74) is 7.21. The van der Waals surface area contributed by atoms with Crippen LogP contribution in [-0.2, 0) is 0 Å². The van der Waals surface area contributed by atoms with Crippen molar-refractivity contribution in [3.05, 3.63) is 29.0 Å². The highest BCUT2D eigenvalue weighted by atomic mass is 79.9. The molecule has 0 aliphatic rings. The predicted molar refractivity (Wildman–Crippen MR) is 86.2 cm³/mol. The molecule has 0 aliphatic carbocycles. The molecule has 0 saturated carbocycles. The summed E-state index contributed by atoms with van der Waals surface area (Å²) in [5, 5.41) is 3.13. The number of hydrogen-bond donors (Lipinski definition) is 2. The minimum absolute atomic E-state index is 0.382. The van der Waals surface area contributed by atoms with E-state index in [1.807, 2.05) is 25.1 Å². The molecule has 0 aliphatic heterocycles. The maximum absolute atomic E-state index is 6.02. The number of aromatic nitrogens is 2. The zero-order valence-corrected chi connectivity index (χ0v) is 13.5. The standard InChI is InChI=1S/C14H17BrN4O2/c1-3-6-21-14-12(16)13(17-8-18-14)19-9-4-5-10(15)11(7-9)20-2/h4-5,7-8H,3,6,16H2,1-2H3,(H,17,18,19). The Morgan fingerprint density at radius 1 is 1.33 bits per heavy atom. The zero-order chi connectivity index (χ0) is 15.2. The fourth-order valence-corrected chi connectivity index (χ4v) is 2.08. The van der Waals surface area contributed by atoms with E-state index in [4.69, 9.17) is 15.2 Å². The summed E-state index contributed by atoms with van der Waals surface area (Å²) in [5.74, 6) is 1.61. The van der Waals surface area contributed by atoms with E-state index in [9.17, 15) is 0 Å². The molecule has 1 aromatic carbocycles. The summed E-state index contributed by atoms with van der Waals surface area (Å²) >= 11 is 3.41. The van der Waals surface area contributed by atoms with Crippen LogP contribution in [0.15, 0.2) is 29.0 Å². The number of nitrogens with one attached hydrogen (secondary N) is 1. The number of nitrogens with two attached hydrogens (primary N) is 1. The molecule has 1 heterocycles. The number of nitrogens with zero attached hydrogens (tertiary/aromatic N) is 2. The molecule has 0 unspecified atom stereocenters. The van der Waals surface area contributed by atoms with Gasteiger partial charge in [-0.3, -0.25) is 0 Å². The van der Waals surface area contributed by atoms with Gasteiger partial charge in [0, 0.05) is 11.8 Å². The average Bonchev–Trinajstić information content (AvgIpc) is 2.50. The van der Waals surface area contributed by atoms with E-state index in [2.05, 4.69) is 31.2 Å². The Bertz CT molecular complexity index is 622. The Kier molecular flexibility index (Phi) is 5.21. The number of ether oxygens (including phenoxy) is 2. The molecule has 6 nitrogen and oxygen atoms in total. The molecule has 0 atom stereocenters. The summed E-state index contributed by atoms with van der Waals surface area (Å²) in [6, 6.07) is 5.62. The van der Waals surface area contributed by atoms with Crippen LogP contribution in [0.2, 0.25) is 0 Å². The van der Waals surface area contributed by atoms with Crippen LogP contribution in [0.3, 0.4) is 0 Å². The Balaban J connectivity index is 2.23. The van der Waals surface area contributed by atoms with Gasteiger partial charge in [-0.2, -0.15) is 4.98 Å². The molecule has 0 bridgehead atoms. The molecule has 3 N–H and O–H groups in total. The van der Waals surface area contributed by atoms with E-state index in [0.717, 1.165) is 22.3 Å². The number of nitrogen functional groups attached to an aromatic ring is 1. The molecule has 21 heavy (non-hydrogen) atoms. The Labute approximate surface area is 131 Å². The molecule has 0 fully saturated rings. The molecule has 112 valence electrons. The van der Waals surface area contributed by atoms with Crippen LogP contribution >= 0.6 is 15.9 Å². The van der Waals surface area contributed by atoms with Gasteiger partial charge in [-0.15, -0.1) is 0 Å². The van der Waals surface area contributed by atoms with Crippen molar-refractivity contribution < 1.29 is 9.47 Å². The maximum Gasteiger partial charge on any atom is 0.242 e. The quantitative estimate of drug-likeness (QED) is 0.829. The lowest BCUT2D eigenvalue weighted by molar-refractivity contribution is 0.307. The number of methoxy groups -OCH3 is 1. The highest BCUT2D eigenvalue weighted by molar-refractivity contribution is 9.10. The van der Waals surface area contributed by atoms with Gasteiger partial charge in [0.2, 0.25) is 5.88 Å². The van der Waals surface area contributed by atoms with Crippen LogP contribution in [-0.4, -0.2) is 23.7 Å². The molecule has 0 spiro atoms. The monoisotopic (exact) mass is 352 g/mol. The lowest BCUT2D eigenvalue weighted by Gasteiger charge is -2.12. The first-order valence-corrected chi connectivity index (χ1v) is 7.28. The fraction of sp³-hybridized carbons (Fsp3) is 0.286. The number of anilines is 3. The van der Waals surface area contributed by atoms with Crippen LogP contribution in [0.4, 0.5) is 17.2 Å². The van der Waals surface area contributed by atoms with Gasteiger partial charge in [0.25, 0.3) is 0 Å². The maximum atomic E-state index is 6.02. The average molecular weight is 353 g/mol. The third-order valence-electron chi connectivity index (χ3n) is 2.70. The third kappa shape index (κ3) is 3.75. The van der Waals surface area contributed by atoms with Crippen LogP contribution in [0.1, 0.15) is 13.3 Å². The first-order valence-electron chi connectivity index (χ1n) is 6.49. The van der Waals surface area contributed by atoms with Crippen LogP contribution in [0, 0.1) is 0 Å². The Morgan fingerprint density at radius 2 is 2.14 bits per heavy atom. The van der Waals surface area contributed by atoms with Gasteiger partial charge in [0.1, 0.15) is 17.8 Å². The zero-order valence-electron chi connectivity index (χ0n) is 11.9. The predicted octanol–water partition coefficient (Wildman–Crippen LogP) is 3.36. The molecule has 0 radical (unpaired) electrons. The van der Waals surface area contributed by atoms with E-state index >= 15 is 0 Å².